The standard InChI is InChI=1S/C20H24ClNO/c1-15(2)18-10-8-16(9-11-18)6-4-12-22-20(23)14-17-5-3-7-19(21)13-17/h3,5,7-11,13,15H,4,6,12,14H2,1-2H3,(H,22,23). The molecule has 0 saturated heterocycles. The molecule has 122 valence electrons. The average Bonchev–Trinajstić information content (AvgIpc) is 2.52. The molecule has 0 atom stereocenters. The smallest absolute Gasteiger partial charge is 0.224 e. The second-order valence-electron chi connectivity index (χ2n) is 6.16. The topological polar surface area (TPSA) is 29.1 Å². The summed E-state index contributed by atoms with van der Waals surface area (Å²) >= 11 is 5.92. The molecule has 0 spiro atoms. The van der Waals surface area contributed by atoms with Crippen LogP contribution in [0.5, 0.6) is 0 Å². The van der Waals surface area contributed by atoms with Gasteiger partial charge in [-0.15, -0.1) is 0 Å². The van der Waals surface area contributed by atoms with Crippen molar-refractivity contribution >= 4 is 17.5 Å². The van der Waals surface area contributed by atoms with Gasteiger partial charge in [-0.05, 0) is 47.6 Å². The maximum absolute atomic E-state index is 11.9. The largest absolute Gasteiger partial charge is 0.356 e. The summed E-state index contributed by atoms with van der Waals surface area (Å²) in [5.74, 6) is 0.609. The number of halogens is 1. The van der Waals surface area contributed by atoms with Crippen molar-refractivity contribution in [2.24, 2.45) is 0 Å². The van der Waals surface area contributed by atoms with Gasteiger partial charge in [-0.2, -0.15) is 0 Å². The van der Waals surface area contributed by atoms with Gasteiger partial charge >= 0.3 is 0 Å². The van der Waals surface area contributed by atoms with Crippen LogP contribution < -0.4 is 5.32 Å². The third kappa shape index (κ3) is 6.07. The van der Waals surface area contributed by atoms with Crippen LogP contribution >= 0.6 is 11.6 Å². The van der Waals surface area contributed by atoms with E-state index in [-0.39, 0.29) is 5.91 Å². The molecule has 0 aliphatic heterocycles. The van der Waals surface area contributed by atoms with Crippen molar-refractivity contribution in [2.75, 3.05) is 6.54 Å². The summed E-state index contributed by atoms with van der Waals surface area (Å²) in [5.41, 5.74) is 3.63. The molecule has 2 aromatic carbocycles. The number of hydrogen-bond acceptors (Lipinski definition) is 1. The maximum Gasteiger partial charge on any atom is 0.224 e. The van der Waals surface area contributed by atoms with E-state index in [1.165, 1.54) is 11.1 Å². The predicted molar refractivity (Wildman–Crippen MR) is 97.0 cm³/mol. The fourth-order valence-electron chi connectivity index (χ4n) is 2.48. The monoisotopic (exact) mass is 329 g/mol. The summed E-state index contributed by atoms with van der Waals surface area (Å²) in [7, 11) is 0. The minimum atomic E-state index is 0.0439. The van der Waals surface area contributed by atoms with E-state index in [1.807, 2.05) is 24.3 Å². The van der Waals surface area contributed by atoms with Gasteiger partial charge < -0.3 is 5.32 Å². The molecule has 0 saturated carbocycles. The highest BCUT2D eigenvalue weighted by Crippen LogP contribution is 2.15. The molecule has 0 unspecified atom stereocenters. The van der Waals surface area contributed by atoms with Crippen molar-refractivity contribution in [1.82, 2.24) is 5.32 Å². The van der Waals surface area contributed by atoms with Gasteiger partial charge in [0, 0.05) is 11.6 Å². The van der Waals surface area contributed by atoms with Crippen LogP contribution in [0.1, 0.15) is 42.9 Å². The Hall–Kier alpha value is -1.80. The van der Waals surface area contributed by atoms with Crippen LogP contribution in [0.4, 0.5) is 0 Å². The third-order valence-corrected chi connectivity index (χ3v) is 4.10. The normalized spacial score (nSPS) is 10.8. The second-order valence-corrected chi connectivity index (χ2v) is 6.59. The van der Waals surface area contributed by atoms with Crippen molar-refractivity contribution in [3.63, 3.8) is 0 Å². The molecule has 0 aromatic heterocycles. The first-order valence-corrected chi connectivity index (χ1v) is 8.52. The highest BCUT2D eigenvalue weighted by Gasteiger charge is 2.04. The van der Waals surface area contributed by atoms with E-state index in [1.54, 1.807) is 0 Å². The van der Waals surface area contributed by atoms with Gasteiger partial charge in [0.25, 0.3) is 0 Å². The van der Waals surface area contributed by atoms with E-state index >= 15 is 0 Å². The van der Waals surface area contributed by atoms with Crippen LogP contribution in [-0.2, 0) is 17.6 Å². The van der Waals surface area contributed by atoms with Gasteiger partial charge in [-0.25, -0.2) is 0 Å². The van der Waals surface area contributed by atoms with Crippen LogP contribution in [-0.4, -0.2) is 12.5 Å². The fraction of sp³-hybridized carbons (Fsp3) is 0.350. The summed E-state index contributed by atoms with van der Waals surface area (Å²) in [4.78, 5) is 11.9. The van der Waals surface area contributed by atoms with Crippen LogP contribution in [0.3, 0.4) is 0 Å². The minimum Gasteiger partial charge on any atom is -0.356 e. The lowest BCUT2D eigenvalue weighted by atomic mass is 10.0. The molecule has 0 radical (unpaired) electrons. The summed E-state index contributed by atoms with van der Waals surface area (Å²) in [5, 5.41) is 3.64. The van der Waals surface area contributed by atoms with Crippen molar-refractivity contribution in [3.05, 3.63) is 70.2 Å². The van der Waals surface area contributed by atoms with Crippen LogP contribution in [0.2, 0.25) is 5.02 Å². The molecule has 2 aromatic rings. The Morgan fingerprint density at radius 1 is 1.09 bits per heavy atom. The van der Waals surface area contributed by atoms with E-state index in [0.717, 1.165) is 18.4 Å². The molecule has 0 bridgehead atoms. The van der Waals surface area contributed by atoms with Crippen LogP contribution in [0.15, 0.2) is 48.5 Å². The molecule has 3 heteroatoms. The van der Waals surface area contributed by atoms with Crippen molar-refractivity contribution in [1.29, 1.82) is 0 Å². The third-order valence-electron chi connectivity index (χ3n) is 3.86. The van der Waals surface area contributed by atoms with Gasteiger partial charge in [-0.3, -0.25) is 4.79 Å². The fourth-order valence-corrected chi connectivity index (χ4v) is 2.70. The first kappa shape index (κ1) is 17.6. The van der Waals surface area contributed by atoms with E-state index in [4.69, 9.17) is 11.6 Å². The van der Waals surface area contributed by atoms with E-state index in [9.17, 15) is 4.79 Å². The first-order valence-electron chi connectivity index (χ1n) is 8.14. The second kappa shape index (κ2) is 8.73. The molecule has 1 N–H and O–H groups in total. The van der Waals surface area contributed by atoms with Crippen molar-refractivity contribution < 1.29 is 4.79 Å². The number of carbonyl (C=O) groups is 1. The Morgan fingerprint density at radius 2 is 1.83 bits per heavy atom. The molecule has 23 heavy (non-hydrogen) atoms. The molecular weight excluding hydrogens is 306 g/mol. The van der Waals surface area contributed by atoms with E-state index < -0.39 is 0 Å². The summed E-state index contributed by atoms with van der Waals surface area (Å²) in [6.45, 7) is 5.10. The molecule has 0 fully saturated rings. The molecule has 0 heterocycles. The zero-order chi connectivity index (χ0) is 16.7. The lowest BCUT2D eigenvalue weighted by Crippen LogP contribution is -2.26. The number of carbonyl (C=O) groups excluding carboxylic acids is 1. The van der Waals surface area contributed by atoms with Crippen LogP contribution in [0, 0.1) is 0 Å². The van der Waals surface area contributed by atoms with Crippen LogP contribution in [0.25, 0.3) is 0 Å². The molecular formula is C20H24ClNO. The van der Waals surface area contributed by atoms with E-state index in [0.29, 0.717) is 23.9 Å². The number of rotatable bonds is 7. The molecule has 1 amide bonds. The quantitative estimate of drug-likeness (QED) is 0.729. The van der Waals surface area contributed by atoms with Gasteiger partial charge in [0.05, 0.1) is 6.42 Å². The number of benzene rings is 2. The zero-order valence-corrected chi connectivity index (χ0v) is 14.6. The average molecular weight is 330 g/mol. The summed E-state index contributed by atoms with van der Waals surface area (Å²) < 4.78 is 0. The predicted octanol–water partition coefficient (Wildman–Crippen LogP) is 4.75. The molecule has 0 aliphatic rings. The Morgan fingerprint density at radius 3 is 2.48 bits per heavy atom. The van der Waals surface area contributed by atoms with Crippen molar-refractivity contribution in [2.45, 2.75) is 39.0 Å². The lowest BCUT2D eigenvalue weighted by molar-refractivity contribution is -0.120. The molecule has 0 aliphatic carbocycles. The van der Waals surface area contributed by atoms with Gasteiger partial charge in [0.2, 0.25) is 5.91 Å². The summed E-state index contributed by atoms with van der Waals surface area (Å²) in [6, 6.07) is 16.2. The van der Waals surface area contributed by atoms with Gasteiger partial charge in [0.1, 0.15) is 0 Å². The number of nitrogens with one attached hydrogen (secondary N) is 1. The summed E-state index contributed by atoms with van der Waals surface area (Å²) in [6.07, 6.45) is 2.31. The van der Waals surface area contributed by atoms with Gasteiger partial charge in [0.15, 0.2) is 0 Å². The van der Waals surface area contributed by atoms with E-state index in [2.05, 4.69) is 43.4 Å². The Bertz CT molecular complexity index is 634. The lowest BCUT2D eigenvalue weighted by Gasteiger charge is -2.08. The number of aryl methyl sites for hydroxylation is 1. The Labute approximate surface area is 143 Å². The highest BCUT2D eigenvalue weighted by molar-refractivity contribution is 6.30. The minimum absolute atomic E-state index is 0.0439. The number of amides is 1. The van der Waals surface area contributed by atoms with Gasteiger partial charge in [-0.1, -0.05) is 61.8 Å². The molecule has 2 rings (SSSR count). The Kier molecular flexibility index (Phi) is 6.66. The Balaban J connectivity index is 1.69. The number of hydrogen-bond donors (Lipinski definition) is 1. The zero-order valence-electron chi connectivity index (χ0n) is 13.8. The highest BCUT2D eigenvalue weighted by atomic mass is 35.5. The maximum atomic E-state index is 11.9. The van der Waals surface area contributed by atoms with Crippen molar-refractivity contribution in [3.8, 4) is 0 Å². The molecule has 2 nitrogen and oxygen atoms in total. The SMILES string of the molecule is CC(C)c1ccc(CCCNC(=O)Cc2cccc(Cl)c2)cc1. The first-order chi connectivity index (χ1) is 11.0.